The molecule has 0 rings (SSSR count). The molecular formula is H5BrClNO3S. The van der Waals surface area contributed by atoms with Gasteiger partial charge in [0.25, 0.3) is 0 Å². The van der Waals surface area contributed by atoms with E-state index in [1.54, 1.807) is 0 Å². The van der Waals surface area contributed by atoms with Crippen LogP contribution < -0.4 is 22.1 Å². The minimum atomic E-state index is -4.17. The van der Waals surface area contributed by atoms with Crippen molar-refractivity contribution in [3.8, 4) is 0 Å². The van der Waals surface area contributed by atoms with Crippen molar-refractivity contribution in [2.24, 2.45) is 5.14 Å². The highest BCUT2D eigenvalue weighted by Crippen LogP contribution is 1.50. The first kappa shape index (κ1) is 15.6. The van der Waals surface area contributed by atoms with Gasteiger partial charge in [0.1, 0.15) is 0 Å². The fourth-order valence-electron chi connectivity index (χ4n) is 0. The molecule has 0 aliphatic rings. The van der Waals surface area contributed by atoms with Gasteiger partial charge in [-0.25, -0.2) is 5.14 Å². The van der Waals surface area contributed by atoms with Crippen molar-refractivity contribution in [3.63, 3.8) is 0 Å². The minimum absolute atomic E-state index is 0. The van der Waals surface area contributed by atoms with E-state index in [4.69, 9.17) is 13.0 Å². The van der Waals surface area contributed by atoms with Crippen molar-refractivity contribution in [2.75, 3.05) is 0 Å². The van der Waals surface area contributed by atoms with E-state index in [9.17, 15) is 0 Å². The van der Waals surface area contributed by atoms with Crippen LogP contribution in [0.1, 0.15) is 0 Å². The molecule has 0 amide bonds. The standard InChI is InChI=1S/BrH.ClH2.H3NO3S/c;;1-5(2,3)4/h1H;1H2;(H3,1,2,3,4)/q;+1;/p-1. The van der Waals surface area contributed by atoms with E-state index < -0.39 is 10.3 Å². The molecule has 3 N–H and O–H groups in total. The average Bonchev–Trinajstić information content (AvgIpc) is 0.722. The second-order valence-electron chi connectivity index (χ2n) is 0.515. The summed E-state index contributed by atoms with van der Waals surface area (Å²) < 4.78 is 25.2. The van der Waals surface area contributed by atoms with Crippen molar-refractivity contribution >= 4 is 10.3 Å². The van der Waals surface area contributed by atoms with E-state index >= 15 is 0 Å². The predicted octanol–water partition coefficient (Wildman–Crippen LogP) is -4.78. The smallest absolute Gasteiger partial charge is 0.330 e. The molecule has 48 valence electrons. The fourth-order valence-corrected chi connectivity index (χ4v) is 0. The third-order valence-corrected chi connectivity index (χ3v) is 0. The van der Waals surface area contributed by atoms with Gasteiger partial charge < -0.3 is 17.0 Å². The number of nitrogens with two attached hydrogens (primary N) is 1. The van der Waals surface area contributed by atoms with Crippen molar-refractivity contribution < 1.29 is 42.4 Å². The van der Waals surface area contributed by atoms with E-state index in [0.29, 0.717) is 0 Å². The Morgan fingerprint density at radius 1 is 1.43 bits per heavy atom. The van der Waals surface area contributed by atoms with Crippen LogP contribution in [0.3, 0.4) is 0 Å². The summed E-state index contributed by atoms with van der Waals surface area (Å²) in [6, 6.07) is 0. The van der Waals surface area contributed by atoms with Gasteiger partial charge in [0.05, 0.1) is 12.4 Å². The first-order valence-corrected chi connectivity index (χ1v) is 2.25. The number of hydrogen-bond donors (Lipinski definition) is 2. The molecule has 0 aliphatic heterocycles. The monoisotopic (exact) mass is 213 g/mol. The van der Waals surface area contributed by atoms with Crippen molar-refractivity contribution in [2.45, 2.75) is 0 Å². The molecule has 0 fully saturated rings. The maximum atomic E-state index is 8.97. The number of rotatable bonds is 0. The third-order valence-electron chi connectivity index (χ3n) is 0. The molecule has 0 bridgehead atoms. The topological polar surface area (TPSA) is 80.4 Å². The summed E-state index contributed by atoms with van der Waals surface area (Å²) in [4.78, 5) is 0. The Kier molecular flexibility index (Phi) is 10.7. The van der Waals surface area contributed by atoms with Gasteiger partial charge in [-0.1, -0.05) is 0 Å². The van der Waals surface area contributed by atoms with Crippen molar-refractivity contribution in [1.29, 1.82) is 0 Å². The summed E-state index contributed by atoms with van der Waals surface area (Å²) in [5.41, 5.74) is 0. The summed E-state index contributed by atoms with van der Waals surface area (Å²) >= 11 is 0. The fraction of sp³-hybridized carbons (Fsp3) is 0. The molecule has 0 atom stereocenters. The van der Waals surface area contributed by atoms with Gasteiger partial charge in [-0.3, -0.25) is 4.55 Å². The molecule has 0 aromatic heterocycles. The zero-order valence-corrected chi connectivity index (χ0v) is 6.37. The molecule has 0 aromatic rings. The largest absolute Gasteiger partial charge is 1.00 e. The Labute approximate surface area is 58.1 Å². The van der Waals surface area contributed by atoms with Gasteiger partial charge in [0.2, 0.25) is 0 Å². The van der Waals surface area contributed by atoms with Gasteiger partial charge in [0, 0.05) is 0 Å². The lowest BCUT2D eigenvalue weighted by Gasteiger charge is -1.70. The van der Waals surface area contributed by atoms with Crippen LogP contribution in [0.4, 0.5) is 0 Å². The Hall–Kier alpha value is 0.640. The second-order valence-corrected chi connectivity index (χ2v) is 1.54. The highest BCUT2D eigenvalue weighted by molar-refractivity contribution is 7.83. The Morgan fingerprint density at radius 2 is 1.43 bits per heavy atom. The quantitative estimate of drug-likeness (QED) is 0.397. The van der Waals surface area contributed by atoms with Gasteiger partial charge in [0.15, 0.2) is 0 Å². The molecule has 0 aliphatic carbocycles. The molecule has 0 saturated carbocycles. The van der Waals surface area contributed by atoms with E-state index in [1.807, 2.05) is 0 Å². The van der Waals surface area contributed by atoms with Gasteiger partial charge in [-0.15, -0.1) is 0 Å². The molecule has 0 saturated heterocycles. The lowest BCUT2D eigenvalue weighted by atomic mass is 13.9. The van der Waals surface area contributed by atoms with Crippen LogP contribution in [0.15, 0.2) is 0 Å². The molecule has 7 heteroatoms. The third kappa shape index (κ3) is 349. The number of hydrogen-bond acceptors (Lipinski definition) is 2. The van der Waals surface area contributed by atoms with Crippen LogP contribution in [0.5, 0.6) is 0 Å². The van der Waals surface area contributed by atoms with Crippen LogP contribution in [0.25, 0.3) is 0 Å². The molecule has 0 heterocycles. The zero-order chi connectivity index (χ0) is 4.50. The first-order chi connectivity index (χ1) is 2.00. The second kappa shape index (κ2) is 4.79. The summed E-state index contributed by atoms with van der Waals surface area (Å²) in [6.45, 7) is 0. The average molecular weight is 214 g/mol. The lowest BCUT2D eigenvalue weighted by molar-refractivity contribution is -0.001000. The molecule has 0 radical (unpaired) electrons. The molecular weight excluding hydrogens is 209 g/mol. The molecule has 7 heavy (non-hydrogen) atoms. The van der Waals surface area contributed by atoms with Gasteiger partial charge in [-0.2, -0.15) is 8.42 Å². The van der Waals surface area contributed by atoms with Gasteiger partial charge >= 0.3 is 10.3 Å². The molecule has 4 nitrogen and oxygen atoms in total. The minimum Gasteiger partial charge on any atom is -1.00 e. The Morgan fingerprint density at radius 3 is 1.43 bits per heavy atom. The van der Waals surface area contributed by atoms with E-state index in [2.05, 4.69) is 5.14 Å². The van der Waals surface area contributed by atoms with E-state index in [-0.39, 0.29) is 29.4 Å². The summed E-state index contributed by atoms with van der Waals surface area (Å²) in [6.07, 6.45) is 0. The lowest BCUT2D eigenvalue weighted by Crippen LogP contribution is -3.00. The predicted molar refractivity (Wildman–Crippen MR) is 18.5 cm³/mol. The zero-order valence-electron chi connectivity index (χ0n) is 3.07. The van der Waals surface area contributed by atoms with E-state index in [0.717, 1.165) is 0 Å². The highest BCUT2D eigenvalue weighted by Gasteiger charge is 1.81. The van der Waals surface area contributed by atoms with Crippen LogP contribution in [-0.2, 0) is 10.3 Å². The normalized spacial score (nSPS) is 8.29. The van der Waals surface area contributed by atoms with Gasteiger partial charge in [-0.05, 0) is 0 Å². The molecule has 0 aromatic carbocycles. The summed E-state index contributed by atoms with van der Waals surface area (Å²) in [7, 11) is -4.17. The molecule has 0 unspecified atom stereocenters. The summed E-state index contributed by atoms with van der Waals surface area (Å²) in [5, 5.41) is 3.88. The van der Waals surface area contributed by atoms with E-state index in [1.165, 1.54) is 0 Å². The van der Waals surface area contributed by atoms with Crippen LogP contribution in [0.2, 0.25) is 0 Å². The number of halogens is 2. The maximum absolute atomic E-state index is 8.97. The Balaban J connectivity index is -0.0000000800. The van der Waals surface area contributed by atoms with Crippen LogP contribution >= 0.6 is 0 Å². The maximum Gasteiger partial charge on any atom is 0.330 e. The molecule has 0 spiro atoms. The van der Waals surface area contributed by atoms with Crippen molar-refractivity contribution in [3.05, 3.63) is 0 Å². The SMILES string of the molecule is NS(=O)(=O)O.[Br-].[ClH2+]. The first-order valence-electron chi connectivity index (χ1n) is 0.752. The van der Waals surface area contributed by atoms with Crippen molar-refractivity contribution in [1.82, 2.24) is 0 Å². The Bertz CT molecular complexity index is 98.1. The van der Waals surface area contributed by atoms with Crippen LogP contribution in [-0.4, -0.2) is 13.0 Å². The summed E-state index contributed by atoms with van der Waals surface area (Å²) in [5.74, 6) is 0. The van der Waals surface area contributed by atoms with Crippen LogP contribution in [0, 0.1) is 12.4 Å². The highest BCUT2D eigenvalue weighted by atomic mass is 79.9.